The maximum atomic E-state index is 11.8. The van der Waals surface area contributed by atoms with Crippen molar-refractivity contribution in [3.05, 3.63) is 28.3 Å². The van der Waals surface area contributed by atoms with Crippen molar-refractivity contribution < 1.29 is 8.42 Å². The van der Waals surface area contributed by atoms with E-state index in [-0.39, 0.29) is 10.2 Å². The number of hydrogen-bond acceptors (Lipinski definition) is 6. The number of halogens is 1. The summed E-state index contributed by atoms with van der Waals surface area (Å²) in [4.78, 5) is 3.73. The standard InChI is InChI=1S/C7H5BrN4O2S2/c8-5-1-2-6(15-5)16(13,14)12-7-9-3-4-10-11-7/h1-4H,(H,9,11,12). The molecule has 0 atom stereocenters. The van der Waals surface area contributed by atoms with Crippen molar-refractivity contribution >= 4 is 43.2 Å². The van der Waals surface area contributed by atoms with Gasteiger partial charge in [-0.05, 0) is 28.1 Å². The van der Waals surface area contributed by atoms with E-state index in [4.69, 9.17) is 0 Å². The predicted octanol–water partition coefficient (Wildman–Crippen LogP) is 1.50. The quantitative estimate of drug-likeness (QED) is 0.926. The van der Waals surface area contributed by atoms with Gasteiger partial charge in [-0.25, -0.2) is 18.1 Å². The second kappa shape index (κ2) is 4.44. The lowest BCUT2D eigenvalue weighted by Gasteiger charge is -2.02. The Morgan fingerprint density at radius 3 is 2.69 bits per heavy atom. The molecule has 0 fully saturated rings. The van der Waals surface area contributed by atoms with Gasteiger partial charge < -0.3 is 0 Å². The van der Waals surface area contributed by atoms with Crippen molar-refractivity contribution in [2.24, 2.45) is 0 Å². The normalized spacial score (nSPS) is 11.3. The molecule has 0 aliphatic heterocycles. The van der Waals surface area contributed by atoms with Crippen LogP contribution in [0.3, 0.4) is 0 Å². The van der Waals surface area contributed by atoms with Gasteiger partial charge in [0.1, 0.15) is 4.21 Å². The van der Waals surface area contributed by atoms with Crippen LogP contribution in [-0.4, -0.2) is 23.6 Å². The molecule has 0 saturated heterocycles. The van der Waals surface area contributed by atoms with Crippen LogP contribution in [-0.2, 0) is 10.0 Å². The predicted molar refractivity (Wildman–Crippen MR) is 62.7 cm³/mol. The zero-order chi connectivity index (χ0) is 11.6. The lowest BCUT2D eigenvalue weighted by atomic mass is 10.7. The van der Waals surface area contributed by atoms with Crippen LogP contribution in [0.15, 0.2) is 32.5 Å². The molecule has 2 aromatic rings. The highest BCUT2D eigenvalue weighted by atomic mass is 79.9. The monoisotopic (exact) mass is 320 g/mol. The topological polar surface area (TPSA) is 84.8 Å². The summed E-state index contributed by atoms with van der Waals surface area (Å²) in [7, 11) is -3.62. The Kier molecular flexibility index (Phi) is 3.17. The first kappa shape index (κ1) is 11.4. The third-order valence-electron chi connectivity index (χ3n) is 1.52. The van der Waals surface area contributed by atoms with Crippen LogP contribution >= 0.6 is 27.3 Å². The summed E-state index contributed by atoms with van der Waals surface area (Å²) >= 11 is 4.30. The number of anilines is 1. The molecular weight excluding hydrogens is 316 g/mol. The Labute approximate surface area is 104 Å². The summed E-state index contributed by atoms with van der Waals surface area (Å²) in [5, 5.41) is 7.06. The Morgan fingerprint density at radius 2 is 2.12 bits per heavy atom. The highest BCUT2D eigenvalue weighted by molar-refractivity contribution is 9.11. The lowest BCUT2D eigenvalue weighted by molar-refractivity contribution is 0.602. The fourth-order valence-electron chi connectivity index (χ4n) is 0.907. The lowest BCUT2D eigenvalue weighted by Crippen LogP contribution is -2.13. The summed E-state index contributed by atoms with van der Waals surface area (Å²) in [5.74, 6) is -0.0491. The van der Waals surface area contributed by atoms with Crippen LogP contribution in [0.25, 0.3) is 0 Å². The second-order valence-corrected chi connectivity index (χ2v) is 7.00. The van der Waals surface area contributed by atoms with E-state index in [9.17, 15) is 8.42 Å². The van der Waals surface area contributed by atoms with E-state index in [2.05, 4.69) is 35.8 Å². The molecule has 2 rings (SSSR count). The first-order valence-corrected chi connectivity index (χ1v) is 7.09. The fraction of sp³-hybridized carbons (Fsp3) is 0. The van der Waals surface area contributed by atoms with Crippen LogP contribution in [0.4, 0.5) is 5.95 Å². The fourth-order valence-corrected chi connectivity index (χ4v) is 3.86. The van der Waals surface area contributed by atoms with Gasteiger partial charge in [0.05, 0.1) is 16.2 Å². The van der Waals surface area contributed by atoms with E-state index in [0.717, 1.165) is 15.1 Å². The van der Waals surface area contributed by atoms with Crippen LogP contribution in [0.5, 0.6) is 0 Å². The number of thiophene rings is 1. The second-order valence-electron chi connectivity index (χ2n) is 2.63. The highest BCUT2D eigenvalue weighted by Gasteiger charge is 2.17. The molecule has 0 aliphatic carbocycles. The molecule has 1 N–H and O–H groups in total. The Hall–Kier alpha value is -1.06. The summed E-state index contributed by atoms with van der Waals surface area (Å²) in [6.07, 6.45) is 2.72. The largest absolute Gasteiger partial charge is 0.273 e. The van der Waals surface area contributed by atoms with Gasteiger partial charge in [0, 0.05) is 0 Å². The molecule has 0 aliphatic rings. The molecule has 9 heteroatoms. The van der Waals surface area contributed by atoms with E-state index in [1.807, 2.05) is 0 Å². The van der Waals surface area contributed by atoms with E-state index < -0.39 is 10.0 Å². The molecule has 2 heterocycles. The van der Waals surface area contributed by atoms with Crippen molar-refractivity contribution in [3.63, 3.8) is 0 Å². The van der Waals surface area contributed by atoms with E-state index in [1.54, 1.807) is 6.07 Å². The number of aromatic nitrogens is 3. The SMILES string of the molecule is O=S(=O)(Nc1nccnn1)c1ccc(Br)s1. The van der Waals surface area contributed by atoms with Crippen LogP contribution < -0.4 is 4.72 Å². The van der Waals surface area contributed by atoms with Gasteiger partial charge in [0.2, 0.25) is 0 Å². The average molecular weight is 321 g/mol. The highest BCUT2D eigenvalue weighted by Crippen LogP contribution is 2.26. The number of hydrogen-bond donors (Lipinski definition) is 1. The molecule has 6 nitrogen and oxygen atoms in total. The molecule has 0 bridgehead atoms. The van der Waals surface area contributed by atoms with Gasteiger partial charge in [-0.15, -0.1) is 16.4 Å². The van der Waals surface area contributed by atoms with Crippen molar-refractivity contribution in [2.45, 2.75) is 4.21 Å². The molecule has 0 radical (unpaired) electrons. The number of nitrogens with zero attached hydrogens (tertiary/aromatic N) is 3. The van der Waals surface area contributed by atoms with Crippen LogP contribution in [0.2, 0.25) is 0 Å². The zero-order valence-electron chi connectivity index (χ0n) is 7.66. The third-order valence-corrected chi connectivity index (χ3v) is 4.97. The van der Waals surface area contributed by atoms with Crippen molar-refractivity contribution in [2.75, 3.05) is 4.72 Å². The smallest absolute Gasteiger partial charge is 0.245 e. The summed E-state index contributed by atoms with van der Waals surface area (Å²) in [5.41, 5.74) is 0. The molecule has 0 unspecified atom stereocenters. The van der Waals surface area contributed by atoms with E-state index in [0.29, 0.717) is 0 Å². The zero-order valence-corrected chi connectivity index (χ0v) is 10.9. The number of nitrogens with one attached hydrogen (secondary N) is 1. The van der Waals surface area contributed by atoms with Crippen LogP contribution in [0, 0.1) is 0 Å². The Bertz CT molecular complexity index is 583. The van der Waals surface area contributed by atoms with E-state index in [1.165, 1.54) is 18.5 Å². The minimum atomic E-state index is -3.62. The Morgan fingerprint density at radius 1 is 1.31 bits per heavy atom. The molecule has 16 heavy (non-hydrogen) atoms. The third kappa shape index (κ3) is 2.54. The molecule has 84 valence electrons. The van der Waals surface area contributed by atoms with Crippen LogP contribution in [0.1, 0.15) is 0 Å². The maximum Gasteiger partial charge on any atom is 0.273 e. The molecule has 0 spiro atoms. The Balaban J connectivity index is 2.28. The van der Waals surface area contributed by atoms with Crippen molar-refractivity contribution in [1.29, 1.82) is 0 Å². The van der Waals surface area contributed by atoms with Crippen molar-refractivity contribution in [3.8, 4) is 0 Å². The first-order valence-electron chi connectivity index (χ1n) is 4.00. The number of rotatable bonds is 3. The molecular formula is C7H5BrN4O2S2. The molecule has 2 aromatic heterocycles. The summed E-state index contributed by atoms with van der Waals surface area (Å²) in [6, 6.07) is 3.15. The minimum absolute atomic E-state index is 0.0491. The van der Waals surface area contributed by atoms with Gasteiger partial charge in [0.15, 0.2) is 0 Å². The summed E-state index contributed by atoms with van der Waals surface area (Å²) < 4.78 is 26.7. The molecule has 0 amide bonds. The first-order chi connectivity index (χ1) is 7.58. The van der Waals surface area contributed by atoms with Gasteiger partial charge in [0.25, 0.3) is 16.0 Å². The molecule has 0 saturated carbocycles. The minimum Gasteiger partial charge on any atom is -0.245 e. The summed E-state index contributed by atoms with van der Waals surface area (Å²) in [6.45, 7) is 0. The van der Waals surface area contributed by atoms with Gasteiger partial charge in [-0.3, -0.25) is 0 Å². The van der Waals surface area contributed by atoms with E-state index >= 15 is 0 Å². The van der Waals surface area contributed by atoms with Gasteiger partial charge in [-0.1, -0.05) is 0 Å². The van der Waals surface area contributed by atoms with Crippen molar-refractivity contribution in [1.82, 2.24) is 15.2 Å². The van der Waals surface area contributed by atoms with Gasteiger partial charge in [-0.2, -0.15) is 5.10 Å². The van der Waals surface area contributed by atoms with Gasteiger partial charge >= 0.3 is 0 Å². The number of sulfonamides is 1. The maximum absolute atomic E-state index is 11.8. The average Bonchev–Trinajstić information content (AvgIpc) is 2.66. The molecule has 0 aromatic carbocycles.